The number of halogens is 6. The molecule has 208 valence electrons. The summed E-state index contributed by atoms with van der Waals surface area (Å²) in [7, 11) is 0. The first-order chi connectivity index (χ1) is 18.9. The van der Waals surface area contributed by atoms with Gasteiger partial charge in [-0.1, -0.05) is 30.3 Å². The van der Waals surface area contributed by atoms with E-state index in [9.17, 15) is 31.1 Å². The Bertz CT molecular complexity index is 1550. The highest BCUT2D eigenvalue weighted by Crippen LogP contribution is 2.34. The molecule has 5 rings (SSSR count). The molecular weight excluding hydrogens is 532 g/mol. The fourth-order valence-corrected chi connectivity index (χ4v) is 5.28. The second-order valence-electron chi connectivity index (χ2n) is 9.90. The number of aryl methyl sites for hydroxylation is 1. The summed E-state index contributed by atoms with van der Waals surface area (Å²) in [5.41, 5.74) is 0.816. The molecule has 4 nitrogen and oxygen atoms in total. The maximum absolute atomic E-state index is 14.8. The Hall–Kier alpha value is -3.92. The molecule has 1 aromatic heterocycles. The maximum Gasteiger partial charge on any atom is 0.416 e. The minimum Gasteiger partial charge on any atom is -0.292 e. The first-order valence-corrected chi connectivity index (χ1v) is 12.7. The summed E-state index contributed by atoms with van der Waals surface area (Å²) < 4.78 is 82.8. The smallest absolute Gasteiger partial charge is 0.292 e. The van der Waals surface area contributed by atoms with Gasteiger partial charge < -0.3 is 0 Å². The van der Waals surface area contributed by atoms with Crippen LogP contribution in [0.15, 0.2) is 71.5 Å². The number of alkyl halides is 3. The van der Waals surface area contributed by atoms with Gasteiger partial charge in [0.25, 0.3) is 5.56 Å². The van der Waals surface area contributed by atoms with E-state index in [-0.39, 0.29) is 17.7 Å². The van der Waals surface area contributed by atoms with Crippen molar-refractivity contribution in [3.8, 4) is 0 Å². The lowest BCUT2D eigenvalue weighted by atomic mass is 9.96. The van der Waals surface area contributed by atoms with Gasteiger partial charge in [0, 0.05) is 31.1 Å². The number of fused-ring (bicyclic) bond motifs is 1. The summed E-state index contributed by atoms with van der Waals surface area (Å²) in [4.78, 5) is 20.5. The summed E-state index contributed by atoms with van der Waals surface area (Å²) >= 11 is 0. The van der Waals surface area contributed by atoms with Gasteiger partial charge in [0.2, 0.25) is 0 Å². The average Bonchev–Trinajstić information content (AvgIpc) is 2.91. The molecule has 1 atom stereocenters. The van der Waals surface area contributed by atoms with Crippen molar-refractivity contribution in [1.82, 2.24) is 14.5 Å². The third kappa shape index (κ3) is 5.28. The van der Waals surface area contributed by atoms with Crippen LogP contribution in [0.4, 0.5) is 26.3 Å². The molecule has 1 aliphatic rings. The minimum absolute atomic E-state index is 0.0901. The molecule has 0 N–H and O–H groups in total. The number of hydrogen-bond acceptors (Lipinski definition) is 3. The van der Waals surface area contributed by atoms with Gasteiger partial charge in [0.1, 0.15) is 23.3 Å². The van der Waals surface area contributed by atoms with E-state index in [1.807, 2.05) is 4.90 Å². The predicted molar refractivity (Wildman–Crippen MR) is 137 cm³/mol. The number of benzene rings is 3. The van der Waals surface area contributed by atoms with Crippen LogP contribution in [0.25, 0.3) is 0 Å². The van der Waals surface area contributed by atoms with Crippen molar-refractivity contribution in [1.29, 1.82) is 0 Å². The Morgan fingerprint density at radius 3 is 1.98 bits per heavy atom. The molecule has 3 aromatic carbocycles. The van der Waals surface area contributed by atoms with Crippen molar-refractivity contribution >= 4 is 0 Å². The van der Waals surface area contributed by atoms with Crippen LogP contribution >= 0.6 is 0 Å². The second-order valence-corrected chi connectivity index (χ2v) is 9.90. The van der Waals surface area contributed by atoms with Crippen LogP contribution in [-0.2, 0) is 19.1 Å². The Morgan fingerprint density at radius 2 is 1.45 bits per heavy atom. The quantitative estimate of drug-likeness (QED) is 0.255. The average molecular weight is 558 g/mol. The van der Waals surface area contributed by atoms with Crippen LogP contribution in [0, 0.1) is 24.4 Å². The number of hydrogen-bond donors (Lipinski definition) is 0. The molecule has 10 heteroatoms. The van der Waals surface area contributed by atoms with E-state index in [4.69, 9.17) is 4.98 Å². The summed E-state index contributed by atoms with van der Waals surface area (Å²) in [6.45, 7) is 3.89. The summed E-state index contributed by atoms with van der Waals surface area (Å²) in [6, 6.07) is 12.4. The predicted octanol–water partition coefficient (Wildman–Crippen LogP) is 6.74. The highest BCUT2D eigenvalue weighted by molar-refractivity contribution is 5.36. The van der Waals surface area contributed by atoms with Gasteiger partial charge in [-0.05, 0) is 61.4 Å². The fraction of sp³-hybridized carbons (Fsp3) is 0.267. The van der Waals surface area contributed by atoms with Crippen molar-refractivity contribution in [2.45, 2.75) is 45.1 Å². The van der Waals surface area contributed by atoms with Gasteiger partial charge in [-0.25, -0.2) is 18.2 Å². The lowest BCUT2D eigenvalue weighted by Crippen LogP contribution is -2.41. The molecule has 2 heterocycles. The van der Waals surface area contributed by atoms with Crippen LogP contribution in [-0.4, -0.2) is 21.0 Å². The molecule has 0 bridgehead atoms. The van der Waals surface area contributed by atoms with E-state index < -0.39 is 41.3 Å². The van der Waals surface area contributed by atoms with E-state index >= 15 is 0 Å². The lowest BCUT2D eigenvalue weighted by Gasteiger charge is -2.34. The van der Waals surface area contributed by atoms with E-state index in [0.29, 0.717) is 47.2 Å². The monoisotopic (exact) mass is 557 g/mol. The molecule has 0 saturated heterocycles. The Balaban J connectivity index is 1.55. The molecule has 0 spiro atoms. The Kier molecular flexibility index (Phi) is 7.31. The minimum atomic E-state index is -4.66. The van der Waals surface area contributed by atoms with Gasteiger partial charge >= 0.3 is 6.18 Å². The number of rotatable bonds is 5. The molecule has 1 aliphatic heterocycles. The third-order valence-corrected chi connectivity index (χ3v) is 7.42. The summed E-state index contributed by atoms with van der Waals surface area (Å²) in [5.74, 6) is -1.46. The van der Waals surface area contributed by atoms with Crippen LogP contribution in [0.5, 0.6) is 0 Å². The van der Waals surface area contributed by atoms with Gasteiger partial charge in [0.05, 0.1) is 22.9 Å². The normalized spacial score (nSPS) is 14.8. The highest BCUT2D eigenvalue weighted by atomic mass is 19.4. The van der Waals surface area contributed by atoms with Gasteiger partial charge in [-0.3, -0.25) is 14.3 Å². The molecule has 0 fully saturated rings. The standard InChI is InChI=1S/C30H25F6N3O/c1-17(24-12-7-21(15-26(24)33)30(34,35)36)38-14-13-27-25(16-38)29(40)39(18(2)37-27)28(19-3-8-22(31)9-4-19)20-5-10-23(32)11-6-20/h3-12,15,17,28H,13-14,16H2,1-2H3. The molecule has 4 aromatic rings. The first kappa shape index (κ1) is 27.6. The summed E-state index contributed by atoms with van der Waals surface area (Å²) in [5, 5.41) is 0. The maximum atomic E-state index is 14.8. The first-order valence-electron chi connectivity index (χ1n) is 12.7. The van der Waals surface area contributed by atoms with Crippen LogP contribution < -0.4 is 5.56 Å². The summed E-state index contributed by atoms with van der Waals surface area (Å²) in [6.07, 6.45) is -4.27. The van der Waals surface area contributed by atoms with Crippen molar-refractivity contribution in [3.63, 3.8) is 0 Å². The Morgan fingerprint density at radius 1 is 0.875 bits per heavy atom. The van der Waals surface area contributed by atoms with Crippen molar-refractivity contribution in [2.75, 3.05) is 6.54 Å². The molecule has 1 unspecified atom stereocenters. The molecule has 0 saturated carbocycles. The van der Waals surface area contributed by atoms with Gasteiger partial charge in [0.15, 0.2) is 0 Å². The third-order valence-electron chi connectivity index (χ3n) is 7.42. The molecule has 0 radical (unpaired) electrons. The van der Waals surface area contributed by atoms with E-state index in [0.717, 1.165) is 12.1 Å². The Labute approximate surface area is 226 Å². The fourth-order valence-electron chi connectivity index (χ4n) is 5.28. The van der Waals surface area contributed by atoms with Crippen molar-refractivity contribution in [3.05, 3.63) is 134 Å². The lowest BCUT2D eigenvalue weighted by molar-refractivity contribution is -0.137. The molecule has 0 amide bonds. The zero-order chi connectivity index (χ0) is 28.8. The van der Waals surface area contributed by atoms with Gasteiger partial charge in [-0.2, -0.15) is 13.2 Å². The van der Waals surface area contributed by atoms with Crippen LogP contribution in [0.2, 0.25) is 0 Å². The van der Waals surface area contributed by atoms with E-state index in [2.05, 4.69) is 0 Å². The second kappa shape index (κ2) is 10.6. The zero-order valence-corrected chi connectivity index (χ0v) is 21.6. The topological polar surface area (TPSA) is 38.1 Å². The van der Waals surface area contributed by atoms with Crippen molar-refractivity contribution < 1.29 is 26.3 Å². The van der Waals surface area contributed by atoms with Crippen molar-refractivity contribution in [2.24, 2.45) is 0 Å². The van der Waals surface area contributed by atoms with E-state index in [1.165, 1.54) is 28.8 Å². The molecule has 0 aliphatic carbocycles. The largest absolute Gasteiger partial charge is 0.416 e. The SMILES string of the molecule is Cc1nc2c(c(=O)n1C(c1ccc(F)cc1)c1ccc(F)cc1)CN(C(C)c1ccc(C(F)(F)F)cc1F)CC2. The van der Waals surface area contributed by atoms with E-state index in [1.54, 1.807) is 38.1 Å². The highest BCUT2D eigenvalue weighted by Gasteiger charge is 2.33. The van der Waals surface area contributed by atoms with Crippen LogP contribution in [0.3, 0.4) is 0 Å². The van der Waals surface area contributed by atoms with Gasteiger partial charge in [-0.15, -0.1) is 0 Å². The molecular formula is C30H25F6N3O. The number of aromatic nitrogens is 2. The number of nitrogens with zero attached hydrogens (tertiary/aromatic N) is 3. The molecule has 40 heavy (non-hydrogen) atoms. The zero-order valence-electron chi connectivity index (χ0n) is 21.6. The van der Waals surface area contributed by atoms with Crippen LogP contribution in [0.1, 0.15) is 58.3 Å².